The fraction of sp³-hybridized carbons (Fsp3) is 0.250. The number of nitrogens with zero attached hydrogens (tertiary/aromatic N) is 3. The summed E-state index contributed by atoms with van der Waals surface area (Å²) >= 11 is 0. The molecule has 0 fully saturated rings. The van der Waals surface area contributed by atoms with Crippen LogP contribution in [-0.2, 0) is 0 Å². The summed E-state index contributed by atoms with van der Waals surface area (Å²) < 4.78 is 0. The van der Waals surface area contributed by atoms with E-state index in [1.165, 1.54) is 0 Å². The molecule has 0 amide bonds. The molecule has 4 nitrogen and oxygen atoms in total. The second-order valence-electron chi connectivity index (χ2n) is 2.46. The molecule has 0 saturated heterocycles. The zero-order chi connectivity index (χ0) is 8.97. The first-order valence-electron chi connectivity index (χ1n) is 3.57. The van der Waals surface area contributed by atoms with Gasteiger partial charge in [0.05, 0.1) is 6.10 Å². The Hall–Kier alpha value is -1.51. The van der Waals surface area contributed by atoms with Crippen molar-refractivity contribution in [1.29, 1.82) is 0 Å². The molecule has 12 heavy (non-hydrogen) atoms. The van der Waals surface area contributed by atoms with E-state index in [9.17, 15) is 5.11 Å². The maximum absolute atomic E-state index is 9.18. The normalized spacial score (nSPS) is 11.8. The topological polar surface area (TPSA) is 69.0 Å². The SMILES string of the molecule is CC(O)c1cccc(N=[N+]=[N-])c1. The molecule has 1 N–H and O–H groups in total. The van der Waals surface area contributed by atoms with Crippen LogP contribution in [0.25, 0.3) is 10.4 Å². The van der Waals surface area contributed by atoms with E-state index in [1.807, 2.05) is 0 Å². The van der Waals surface area contributed by atoms with Crippen LogP contribution in [0, 0.1) is 0 Å². The van der Waals surface area contributed by atoms with Gasteiger partial charge < -0.3 is 5.11 Å². The first-order valence-corrected chi connectivity index (χ1v) is 3.57. The molecule has 0 heterocycles. The van der Waals surface area contributed by atoms with E-state index >= 15 is 0 Å². The van der Waals surface area contributed by atoms with Crippen LogP contribution in [0.1, 0.15) is 18.6 Å². The standard InChI is InChI=1S/C8H9N3O/c1-6(12)7-3-2-4-8(5-7)10-11-9/h2-6,12H,1H3. The number of azide groups is 1. The molecule has 1 unspecified atom stereocenters. The molecular formula is C8H9N3O. The summed E-state index contributed by atoms with van der Waals surface area (Å²) in [6.07, 6.45) is -0.529. The average molecular weight is 163 g/mol. The smallest absolute Gasteiger partial charge is 0.0762 e. The van der Waals surface area contributed by atoms with Gasteiger partial charge in [0.1, 0.15) is 0 Å². The molecular weight excluding hydrogens is 154 g/mol. The van der Waals surface area contributed by atoms with E-state index in [0.29, 0.717) is 5.69 Å². The molecule has 0 aliphatic heterocycles. The van der Waals surface area contributed by atoms with Crippen molar-refractivity contribution in [2.75, 3.05) is 0 Å². The van der Waals surface area contributed by atoms with Crippen LogP contribution in [0.5, 0.6) is 0 Å². The largest absolute Gasteiger partial charge is 0.389 e. The lowest BCUT2D eigenvalue weighted by Gasteiger charge is -2.03. The summed E-state index contributed by atoms with van der Waals surface area (Å²) in [7, 11) is 0. The second-order valence-corrected chi connectivity index (χ2v) is 2.46. The minimum Gasteiger partial charge on any atom is -0.389 e. The Balaban J connectivity index is 3.03. The van der Waals surface area contributed by atoms with Gasteiger partial charge in [-0.1, -0.05) is 23.3 Å². The first kappa shape index (κ1) is 8.59. The van der Waals surface area contributed by atoms with Gasteiger partial charge >= 0.3 is 0 Å². The van der Waals surface area contributed by atoms with Gasteiger partial charge in [-0.05, 0) is 24.1 Å². The van der Waals surface area contributed by atoms with E-state index in [-0.39, 0.29) is 0 Å². The van der Waals surface area contributed by atoms with Crippen LogP contribution >= 0.6 is 0 Å². The summed E-state index contributed by atoms with van der Waals surface area (Å²) in [5, 5.41) is 12.6. The predicted molar refractivity (Wildman–Crippen MR) is 45.9 cm³/mol. The number of aliphatic hydroxyl groups is 1. The summed E-state index contributed by atoms with van der Waals surface area (Å²) in [5.74, 6) is 0. The Kier molecular flexibility index (Phi) is 2.69. The number of hydrogen-bond acceptors (Lipinski definition) is 2. The lowest BCUT2D eigenvalue weighted by Crippen LogP contribution is -1.88. The predicted octanol–water partition coefficient (Wildman–Crippen LogP) is 2.68. The molecule has 1 aromatic carbocycles. The van der Waals surface area contributed by atoms with Gasteiger partial charge in [-0.2, -0.15) is 0 Å². The lowest BCUT2D eigenvalue weighted by molar-refractivity contribution is 0.199. The van der Waals surface area contributed by atoms with Gasteiger partial charge in [0, 0.05) is 10.6 Å². The summed E-state index contributed by atoms with van der Waals surface area (Å²) in [6, 6.07) is 6.86. The van der Waals surface area contributed by atoms with Crippen LogP contribution < -0.4 is 0 Å². The van der Waals surface area contributed by atoms with Crippen molar-refractivity contribution in [3.8, 4) is 0 Å². The third-order valence-electron chi connectivity index (χ3n) is 1.51. The molecule has 1 atom stereocenters. The highest BCUT2D eigenvalue weighted by Crippen LogP contribution is 2.18. The maximum atomic E-state index is 9.18. The van der Waals surface area contributed by atoms with Crippen molar-refractivity contribution in [2.24, 2.45) is 5.11 Å². The molecule has 0 aliphatic carbocycles. The first-order chi connectivity index (χ1) is 5.74. The second kappa shape index (κ2) is 3.76. The number of hydrogen-bond donors (Lipinski definition) is 1. The van der Waals surface area contributed by atoms with E-state index in [0.717, 1.165) is 5.56 Å². The fourth-order valence-electron chi connectivity index (χ4n) is 0.898. The molecule has 1 aromatic rings. The van der Waals surface area contributed by atoms with E-state index in [4.69, 9.17) is 5.53 Å². The average Bonchev–Trinajstić information content (AvgIpc) is 2.05. The third-order valence-corrected chi connectivity index (χ3v) is 1.51. The van der Waals surface area contributed by atoms with Crippen LogP contribution in [0.2, 0.25) is 0 Å². The van der Waals surface area contributed by atoms with Crippen molar-refractivity contribution in [3.05, 3.63) is 40.3 Å². The summed E-state index contributed by atoms with van der Waals surface area (Å²) in [4.78, 5) is 2.65. The van der Waals surface area contributed by atoms with Gasteiger partial charge in [0.2, 0.25) is 0 Å². The Morgan fingerprint density at radius 2 is 2.33 bits per heavy atom. The van der Waals surface area contributed by atoms with Crippen molar-refractivity contribution in [1.82, 2.24) is 0 Å². The van der Waals surface area contributed by atoms with Crippen LogP contribution in [0.15, 0.2) is 29.4 Å². The monoisotopic (exact) mass is 163 g/mol. The number of aliphatic hydroxyl groups excluding tert-OH is 1. The van der Waals surface area contributed by atoms with Crippen LogP contribution in [0.3, 0.4) is 0 Å². The van der Waals surface area contributed by atoms with Gasteiger partial charge in [-0.15, -0.1) is 0 Å². The van der Waals surface area contributed by atoms with E-state index in [1.54, 1.807) is 31.2 Å². The fourth-order valence-corrected chi connectivity index (χ4v) is 0.898. The Bertz CT molecular complexity index is 316. The molecule has 0 radical (unpaired) electrons. The number of benzene rings is 1. The third kappa shape index (κ3) is 1.99. The number of rotatable bonds is 2. The molecule has 4 heteroatoms. The Labute approximate surface area is 70.1 Å². The van der Waals surface area contributed by atoms with Crippen molar-refractivity contribution in [3.63, 3.8) is 0 Å². The van der Waals surface area contributed by atoms with Crippen LogP contribution in [-0.4, -0.2) is 5.11 Å². The van der Waals surface area contributed by atoms with Crippen molar-refractivity contribution in [2.45, 2.75) is 13.0 Å². The highest BCUT2D eigenvalue weighted by molar-refractivity contribution is 5.40. The van der Waals surface area contributed by atoms with Crippen molar-refractivity contribution < 1.29 is 5.11 Å². The van der Waals surface area contributed by atoms with Crippen molar-refractivity contribution >= 4 is 5.69 Å². The quantitative estimate of drug-likeness (QED) is 0.406. The van der Waals surface area contributed by atoms with Gasteiger partial charge in [-0.25, -0.2) is 0 Å². The summed E-state index contributed by atoms with van der Waals surface area (Å²) in [5.41, 5.74) is 9.42. The molecule has 0 bridgehead atoms. The summed E-state index contributed by atoms with van der Waals surface area (Å²) in [6.45, 7) is 1.66. The van der Waals surface area contributed by atoms with E-state index in [2.05, 4.69) is 10.0 Å². The zero-order valence-electron chi connectivity index (χ0n) is 6.68. The minimum atomic E-state index is -0.529. The Morgan fingerprint density at radius 1 is 1.58 bits per heavy atom. The highest BCUT2D eigenvalue weighted by atomic mass is 16.3. The maximum Gasteiger partial charge on any atom is 0.0762 e. The van der Waals surface area contributed by atoms with E-state index < -0.39 is 6.10 Å². The molecule has 0 aromatic heterocycles. The molecule has 0 spiro atoms. The van der Waals surface area contributed by atoms with Gasteiger partial charge in [0.25, 0.3) is 0 Å². The van der Waals surface area contributed by atoms with Gasteiger partial charge in [-0.3, -0.25) is 0 Å². The van der Waals surface area contributed by atoms with Gasteiger partial charge in [0.15, 0.2) is 0 Å². The highest BCUT2D eigenvalue weighted by Gasteiger charge is 1.99. The molecule has 0 aliphatic rings. The molecule has 62 valence electrons. The zero-order valence-corrected chi connectivity index (χ0v) is 6.68. The minimum absolute atomic E-state index is 0.524. The Morgan fingerprint density at radius 3 is 2.92 bits per heavy atom. The van der Waals surface area contributed by atoms with Crippen LogP contribution in [0.4, 0.5) is 5.69 Å². The molecule has 1 rings (SSSR count). The lowest BCUT2D eigenvalue weighted by atomic mass is 10.1. The molecule has 0 saturated carbocycles.